The highest BCUT2D eigenvalue weighted by atomic mass is 79.9. The molecule has 3 nitrogen and oxygen atoms in total. The fraction of sp³-hybridized carbons (Fsp3) is 0.300. The van der Waals surface area contributed by atoms with Crippen molar-refractivity contribution in [2.45, 2.75) is 13.0 Å². The van der Waals surface area contributed by atoms with Gasteiger partial charge in [-0.15, -0.1) is 0 Å². The highest BCUT2D eigenvalue weighted by Gasteiger charge is 2.14. The zero-order valence-corrected chi connectivity index (χ0v) is 9.84. The summed E-state index contributed by atoms with van der Waals surface area (Å²) in [6.45, 7) is 2.08. The molecule has 82 valence electrons. The van der Waals surface area contributed by atoms with E-state index >= 15 is 0 Å². The molecule has 0 aliphatic carbocycles. The third-order valence-electron chi connectivity index (χ3n) is 1.93. The molecule has 1 atom stereocenters. The van der Waals surface area contributed by atoms with Gasteiger partial charge in [0.2, 0.25) is 0 Å². The van der Waals surface area contributed by atoms with Crippen LogP contribution in [0.4, 0.5) is 4.39 Å². The van der Waals surface area contributed by atoms with Gasteiger partial charge in [-0.05, 0) is 35.0 Å². The molecule has 0 spiro atoms. The Bertz CT molecular complexity index is 370. The normalized spacial score (nSPS) is 12.3. The molecular weight excluding hydrogens is 263 g/mol. The minimum Gasteiger partial charge on any atom is -0.348 e. The summed E-state index contributed by atoms with van der Waals surface area (Å²) in [5.74, 6) is -1.01. The second-order valence-corrected chi connectivity index (χ2v) is 4.07. The molecule has 0 unspecified atom stereocenters. The lowest BCUT2D eigenvalue weighted by Crippen LogP contribution is -2.38. The van der Waals surface area contributed by atoms with Crippen LogP contribution in [-0.4, -0.2) is 18.5 Å². The Balaban J connectivity index is 2.87. The van der Waals surface area contributed by atoms with E-state index in [9.17, 15) is 9.18 Å². The van der Waals surface area contributed by atoms with Gasteiger partial charge in [0, 0.05) is 12.6 Å². The van der Waals surface area contributed by atoms with Crippen molar-refractivity contribution in [3.05, 3.63) is 34.1 Å². The maximum atomic E-state index is 13.5. The van der Waals surface area contributed by atoms with E-state index in [0.717, 1.165) is 0 Å². The second-order valence-electron chi connectivity index (χ2n) is 3.21. The standard InChI is InChI=1S/C10H12BrFN2O/c1-6(5-13)14-10(15)7-3-2-4-8(11)9(7)12/h2-4,6H,5,13H2,1H3,(H,14,15)/t6-/m1/s1. The summed E-state index contributed by atoms with van der Waals surface area (Å²) in [6, 6.07) is 4.41. The van der Waals surface area contributed by atoms with Crippen LogP contribution in [0, 0.1) is 5.82 Å². The molecule has 0 bridgehead atoms. The molecule has 1 aromatic rings. The quantitative estimate of drug-likeness (QED) is 0.881. The summed E-state index contributed by atoms with van der Waals surface area (Å²) < 4.78 is 13.7. The van der Waals surface area contributed by atoms with Crippen LogP contribution < -0.4 is 11.1 Å². The predicted octanol–water partition coefficient (Wildman–Crippen LogP) is 1.67. The number of benzene rings is 1. The predicted molar refractivity (Wildman–Crippen MR) is 60.1 cm³/mol. The Morgan fingerprint density at radius 1 is 1.67 bits per heavy atom. The molecule has 0 aliphatic heterocycles. The summed E-state index contributed by atoms with van der Waals surface area (Å²) in [6.07, 6.45) is 0. The maximum Gasteiger partial charge on any atom is 0.254 e. The molecule has 0 fully saturated rings. The lowest BCUT2D eigenvalue weighted by molar-refractivity contribution is 0.0937. The van der Waals surface area contributed by atoms with Crippen molar-refractivity contribution in [1.82, 2.24) is 5.32 Å². The molecule has 15 heavy (non-hydrogen) atoms. The highest BCUT2D eigenvalue weighted by molar-refractivity contribution is 9.10. The molecule has 0 aliphatic rings. The number of carbonyl (C=O) groups is 1. The number of carbonyl (C=O) groups excluding carboxylic acids is 1. The summed E-state index contributed by atoms with van der Waals surface area (Å²) in [5.41, 5.74) is 5.37. The van der Waals surface area contributed by atoms with E-state index in [1.54, 1.807) is 19.1 Å². The first-order valence-corrected chi connectivity index (χ1v) is 5.30. The van der Waals surface area contributed by atoms with Gasteiger partial charge in [0.15, 0.2) is 0 Å². The lowest BCUT2D eigenvalue weighted by atomic mass is 10.2. The van der Waals surface area contributed by atoms with Crippen LogP contribution in [0.5, 0.6) is 0 Å². The Labute approximate surface area is 96.0 Å². The summed E-state index contributed by atoms with van der Waals surface area (Å²) >= 11 is 3.02. The van der Waals surface area contributed by atoms with E-state index in [1.807, 2.05) is 0 Å². The highest BCUT2D eigenvalue weighted by Crippen LogP contribution is 2.18. The van der Waals surface area contributed by atoms with Crippen molar-refractivity contribution < 1.29 is 9.18 Å². The molecule has 0 saturated carbocycles. The Morgan fingerprint density at radius 3 is 2.93 bits per heavy atom. The minimum atomic E-state index is -0.556. The number of nitrogens with two attached hydrogens (primary N) is 1. The van der Waals surface area contributed by atoms with E-state index in [2.05, 4.69) is 21.2 Å². The van der Waals surface area contributed by atoms with Crippen molar-refractivity contribution in [2.75, 3.05) is 6.54 Å². The van der Waals surface area contributed by atoms with E-state index in [0.29, 0.717) is 6.54 Å². The molecule has 1 amide bonds. The average molecular weight is 275 g/mol. The molecule has 1 aromatic carbocycles. The van der Waals surface area contributed by atoms with Crippen LogP contribution in [0.15, 0.2) is 22.7 Å². The molecule has 0 saturated heterocycles. The van der Waals surface area contributed by atoms with Gasteiger partial charge in [0.1, 0.15) is 5.82 Å². The first-order chi connectivity index (χ1) is 7.06. The second kappa shape index (κ2) is 5.23. The zero-order chi connectivity index (χ0) is 11.4. The van der Waals surface area contributed by atoms with Crippen molar-refractivity contribution in [3.8, 4) is 0 Å². The Kier molecular flexibility index (Phi) is 4.23. The Morgan fingerprint density at radius 2 is 2.33 bits per heavy atom. The van der Waals surface area contributed by atoms with E-state index in [4.69, 9.17) is 5.73 Å². The minimum absolute atomic E-state index is 0.0182. The Hall–Kier alpha value is -0.940. The van der Waals surface area contributed by atoms with Crippen molar-refractivity contribution in [2.24, 2.45) is 5.73 Å². The van der Waals surface area contributed by atoms with Crippen LogP contribution in [0.1, 0.15) is 17.3 Å². The lowest BCUT2D eigenvalue weighted by Gasteiger charge is -2.11. The third-order valence-corrected chi connectivity index (χ3v) is 2.54. The van der Waals surface area contributed by atoms with Crippen LogP contribution in [-0.2, 0) is 0 Å². The van der Waals surface area contributed by atoms with Gasteiger partial charge in [-0.2, -0.15) is 0 Å². The molecule has 0 aromatic heterocycles. The monoisotopic (exact) mass is 274 g/mol. The largest absolute Gasteiger partial charge is 0.348 e. The van der Waals surface area contributed by atoms with Crippen molar-refractivity contribution in [3.63, 3.8) is 0 Å². The van der Waals surface area contributed by atoms with Crippen LogP contribution >= 0.6 is 15.9 Å². The zero-order valence-electron chi connectivity index (χ0n) is 8.26. The fourth-order valence-corrected chi connectivity index (χ4v) is 1.41. The molecule has 1 rings (SSSR count). The van der Waals surface area contributed by atoms with Crippen molar-refractivity contribution in [1.29, 1.82) is 0 Å². The number of rotatable bonds is 3. The molecule has 0 radical (unpaired) electrons. The number of nitrogens with one attached hydrogen (secondary N) is 1. The first kappa shape index (κ1) is 12.1. The molecule has 0 heterocycles. The fourth-order valence-electron chi connectivity index (χ4n) is 1.04. The van der Waals surface area contributed by atoms with Crippen LogP contribution in [0.3, 0.4) is 0 Å². The van der Waals surface area contributed by atoms with E-state index in [-0.39, 0.29) is 16.1 Å². The summed E-state index contributed by atoms with van der Waals surface area (Å²) in [7, 11) is 0. The average Bonchev–Trinajstić information content (AvgIpc) is 2.21. The van der Waals surface area contributed by atoms with Gasteiger partial charge >= 0.3 is 0 Å². The number of hydrogen-bond donors (Lipinski definition) is 2. The summed E-state index contributed by atoms with van der Waals surface area (Å²) in [4.78, 5) is 11.6. The van der Waals surface area contributed by atoms with Crippen LogP contribution in [0.25, 0.3) is 0 Å². The van der Waals surface area contributed by atoms with Crippen molar-refractivity contribution >= 4 is 21.8 Å². The van der Waals surface area contributed by atoms with Gasteiger partial charge in [-0.25, -0.2) is 4.39 Å². The smallest absolute Gasteiger partial charge is 0.254 e. The number of halogens is 2. The number of amides is 1. The van der Waals surface area contributed by atoms with Crippen LogP contribution in [0.2, 0.25) is 0 Å². The van der Waals surface area contributed by atoms with Gasteiger partial charge in [-0.3, -0.25) is 4.79 Å². The molecular formula is C10H12BrFN2O. The number of hydrogen-bond acceptors (Lipinski definition) is 2. The first-order valence-electron chi connectivity index (χ1n) is 4.51. The van der Waals surface area contributed by atoms with E-state index in [1.165, 1.54) is 6.07 Å². The third kappa shape index (κ3) is 3.00. The van der Waals surface area contributed by atoms with Gasteiger partial charge in [-0.1, -0.05) is 6.07 Å². The van der Waals surface area contributed by atoms with Gasteiger partial charge < -0.3 is 11.1 Å². The van der Waals surface area contributed by atoms with E-state index < -0.39 is 11.7 Å². The topological polar surface area (TPSA) is 55.1 Å². The van der Waals surface area contributed by atoms with Gasteiger partial charge in [0.05, 0.1) is 10.0 Å². The SMILES string of the molecule is C[C@H](CN)NC(=O)c1cccc(Br)c1F. The molecule has 5 heteroatoms. The maximum absolute atomic E-state index is 13.5. The summed E-state index contributed by atoms with van der Waals surface area (Å²) in [5, 5.41) is 2.59. The van der Waals surface area contributed by atoms with Gasteiger partial charge in [0.25, 0.3) is 5.91 Å². The molecule has 3 N–H and O–H groups in total.